The van der Waals surface area contributed by atoms with Crippen LogP contribution in [0.25, 0.3) is 22.4 Å². The lowest BCUT2D eigenvalue weighted by molar-refractivity contribution is -0.139. The molecule has 46 heavy (non-hydrogen) atoms. The predicted octanol–water partition coefficient (Wildman–Crippen LogP) is 5.39. The Labute approximate surface area is 265 Å². The molecule has 1 heterocycles. The zero-order chi connectivity index (χ0) is 34.0. The van der Waals surface area contributed by atoms with Gasteiger partial charge >= 0.3 is 13.8 Å². The van der Waals surface area contributed by atoms with Crippen LogP contribution in [0.15, 0.2) is 84.9 Å². The van der Waals surface area contributed by atoms with Gasteiger partial charge in [-0.25, -0.2) is 8.96 Å². The first kappa shape index (κ1) is 36.3. The number of hydrogen-bond donors (Lipinski definition) is 7. The van der Waals surface area contributed by atoms with Crippen LogP contribution in [0.5, 0.6) is 0 Å². The number of nitrogens with zero attached hydrogens (tertiary/aromatic N) is 1. The van der Waals surface area contributed by atoms with Crippen LogP contribution in [0.1, 0.15) is 55.1 Å². The molecule has 7 N–H and O–H groups in total. The summed E-state index contributed by atoms with van der Waals surface area (Å²) in [5.74, 6) is -1.93. The summed E-state index contributed by atoms with van der Waals surface area (Å²) in [6.45, 7) is 4.25. The molecule has 0 aliphatic heterocycles. The molecule has 1 amide bonds. The summed E-state index contributed by atoms with van der Waals surface area (Å²) < 4.78 is 24.9. The summed E-state index contributed by atoms with van der Waals surface area (Å²) in [5.41, 5.74) is 4.77. The molecule has 0 saturated carbocycles. The van der Waals surface area contributed by atoms with Crippen LogP contribution in [0.3, 0.4) is 0 Å². The van der Waals surface area contributed by atoms with Crippen molar-refractivity contribution in [2.75, 3.05) is 5.32 Å². The fourth-order valence-corrected chi connectivity index (χ4v) is 5.20. The number of halogens is 1. The van der Waals surface area contributed by atoms with Crippen LogP contribution in [0.4, 0.5) is 10.1 Å². The van der Waals surface area contributed by atoms with Gasteiger partial charge in [0.25, 0.3) is 5.91 Å². The van der Waals surface area contributed by atoms with Gasteiger partial charge in [-0.1, -0.05) is 62.4 Å². The molecule has 3 aromatic carbocycles. The number of amides is 1. The second kappa shape index (κ2) is 16.4. The monoisotopic (exact) mass is 656 g/mol. The number of anilines is 1. The van der Waals surface area contributed by atoms with Gasteiger partial charge in [0.05, 0.1) is 29.9 Å². The molecule has 4 aromatic rings. The molecule has 4 rings (SSSR count). The average molecular weight is 657 g/mol. The predicted molar refractivity (Wildman–Crippen MR) is 172 cm³/mol. The highest BCUT2D eigenvalue weighted by Crippen LogP contribution is 2.42. The van der Waals surface area contributed by atoms with Crippen molar-refractivity contribution >= 4 is 25.4 Å². The van der Waals surface area contributed by atoms with Gasteiger partial charge in [0.1, 0.15) is 5.82 Å². The van der Waals surface area contributed by atoms with Gasteiger partial charge in [0.15, 0.2) is 0 Å². The molecule has 13 heteroatoms. The lowest BCUT2D eigenvalue weighted by atomic mass is 9.94. The van der Waals surface area contributed by atoms with E-state index in [4.69, 9.17) is 24.4 Å². The molecule has 0 aliphatic rings. The molecule has 0 unspecified atom stereocenters. The zero-order valence-electron chi connectivity index (χ0n) is 25.3. The number of carbonyl (C=O) groups is 2. The number of aliphatic hydroxyl groups excluding tert-OH is 2. The Morgan fingerprint density at radius 2 is 1.39 bits per heavy atom. The zero-order valence-corrected chi connectivity index (χ0v) is 26.2. The summed E-state index contributed by atoms with van der Waals surface area (Å²) in [7, 11) is -4.64. The van der Waals surface area contributed by atoms with E-state index in [1.165, 1.54) is 12.1 Å². The average Bonchev–Trinajstić information content (AvgIpc) is 3.32. The number of benzene rings is 3. The fraction of sp³-hybridized carbons (Fsp3) is 0.273. The molecule has 11 nitrogen and oxygen atoms in total. The largest absolute Gasteiger partial charge is 0.481 e. The number of phosphoric acid groups is 1. The maximum Gasteiger partial charge on any atom is 0.466 e. The van der Waals surface area contributed by atoms with E-state index in [1.807, 2.05) is 79.1 Å². The second-order valence-electron chi connectivity index (χ2n) is 10.9. The van der Waals surface area contributed by atoms with Crippen molar-refractivity contribution in [3.63, 3.8) is 0 Å². The van der Waals surface area contributed by atoms with E-state index in [0.29, 0.717) is 28.1 Å². The third kappa shape index (κ3) is 10.7. The van der Waals surface area contributed by atoms with E-state index >= 15 is 0 Å². The maximum atomic E-state index is 14.0. The van der Waals surface area contributed by atoms with Crippen molar-refractivity contribution in [3.8, 4) is 22.4 Å². The van der Waals surface area contributed by atoms with Crippen molar-refractivity contribution in [1.29, 1.82) is 0 Å². The Bertz CT molecular complexity index is 1630. The van der Waals surface area contributed by atoms with Gasteiger partial charge in [0, 0.05) is 23.5 Å². The van der Waals surface area contributed by atoms with Crippen LogP contribution in [0.2, 0.25) is 0 Å². The normalized spacial score (nSPS) is 12.6. The van der Waals surface area contributed by atoms with E-state index in [0.717, 1.165) is 11.3 Å². The quantitative estimate of drug-likeness (QED) is 0.0981. The molecule has 246 valence electrons. The minimum Gasteiger partial charge on any atom is -0.481 e. The Hall–Kier alpha value is -4.16. The molecule has 2 atom stereocenters. The highest BCUT2D eigenvalue weighted by molar-refractivity contribution is 7.45. The number of hydrogen-bond acceptors (Lipinski definition) is 5. The van der Waals surface area contributed by atoms with E-state index in [1.54, 1.807) is 12.1 Å². The molecule has 1 aromatic heterocycles. The van der Waals surface area contributed by atoms with Crippen LogP contribution < -0.4 is 5.32 Å². The number of carboxylic acids is 1. The van der Waals surface area contributed by atoms with Gasteiger partial charge in [-0.05, 0) is 66.3 Å². The van der Waals surface area contributed by atoms with E-state index in [9.17, 15) is 24.2 Å². The number of rotatable bonds is 12. The number of carbonyl (C=O) groups excluding carboxylic acids is 1. The Morgan fingerprint density at radius 1 is 0.848 bits per heavy atom. The van der Waals surface area contributed by atoms with Crippen molar-refractivity contribution in [2.24, 2.45) is 0 Å². The number of nitrogens with one attached hydrogen (secondary N) is 1. The first-order valence-electron chi connectivity index (χ1n) is 14.5. The minimum absolute atomic E-state index is 0.0939. The van der Waals surface area contributed by atoms with Gasteiger partial charge < -0.3 is 39.9 Å². The van der Waals surface area contributed by atoms with Crippen LogP contribution in [-0.4, -0.2) is 58.7 Å². The summed E-state index contributed by atoms with van der Waals surface area (Å²) >= 11 is 0. The van der Waals surface area contributed by atoms with Crippen molar-refractivity contribution in [3.05, 3.63) is 102 Å². The van der Waals surface area contributed by atoms with Crippen LogP contribution >= 0.6 is 7.82 Å². The minimum atomic E-state index is -4.64. The van der Waals surface area contributed by atoms with Gasteiger partial charge in [-0.2, -0.15) is 0 Å². The van der Waals surface area contributed by atoms with E-state index in [-0.39, 0.29) is 37.0 Å². The van der Waals surface area contributed by atoms with E-state index < -0.39 is 32.4 Å². The number of aliphatic carboxylic acids is 1. The van der Waals surface area contributed by atoms with Gasteiger partial charge in [-0.3, -0.25) is 9.59 Å². The first-order chi connectivity index (χ1) is 21.7. The molecule has 0 bridgehead atoms. The van der Waals surface area contributed by atoms with Crippen molar-refractivity contribution in [2.45, 2.75) is 57.8 Å². The Kier molecular flexibility index (Phi) is 13.0. The third-order valence-corrected chi connectivity index (χ3v) is 6.93. The van der Waals surface area contributed by atoms with Crippen molar-refractivity contribution in [1.82, 2.24) is 4.57 Å². The molecular formula is C33H38FN2O9P. The Morgan fingerprint density at radius 3 is 1.91 bits per heavy atom. The summed E-state index contributed by atoms with van der Waals surface area (Å²) in [6.07, 6.45) is -2.51. The highest BCUT2D eigenvalue weighted by atomic mass is 31.2. The first-order valence-corrected chi connectivity index (χ1v) is 16.0. The Balaban J connectivity index is 0.00000107. The van der Waals surface area contributed by atoms with Crippen LogP contribution in [0, 0.1) is 5.82 Å². The summed E-state index contributed by atoms with van der Waals surface area (Å²) in [6, 6.07) is 24.8. The van der Waals surface area contributed by atoms with Gasteiger partial charge in [-0.15, -0.1) is 0 Å². The molecule has 0 aliphatic carbocycles. The molecule has 0 saturated heterocycles. The van der Waals surface area contributed by atoms with E-state index in [2.05, 4.69) is 5.32 Å². The van der Waals surface area contributed by atoms with Gasteiger partial charge in [0.2, 0.25) is 0 Å². The summed E-state index contributed by atoms with van der Waals surface area (Å²) in [4.78, 5) is 46.6. The highest BCUT2D eigenvalue weighted by Gasteiger charge is 2.31. The molecule has 0 spiro atoms. The number of aliphatic hydroxyl groups is 2. The molecular weight excluding hydrogens is 618 g/mol. The van der Waals surface area contributed by atoms with Crippen molar-refractivity contribution < 1.29 is 48.5 Å². The van der Waals surface area contributed by atoms with Crippen LogP contribution in [-0.2, 0) is 15.9 Å². The standard InChI is InChI=1S/C33H35FN2O5.H3O4P/c1-21(2)31-30(33(41)35-25-11-7-4-8-12-25)29(22-9-5-3-6-10-22)32(23-13-15-24(34)16-14-23)36(31)18-17-26(37)19-27(38)20-28(39)40;1-5(2,3)4/h3-16,21,26-27,37-38H,17-20H2,1-2H3,(H,35,41)(H,39,40);(H3,1,2,3,4)/t26-,27-;/m1./s1. The SMILES string of the molecule is CC(C)c1c(C(=O)Nc2ccccc2)c(-c2ccccc2)c(-c2ccc(F)cc2)n1CC[C@@H](O)C[C@@H](O)CC(=O)O.O=P(O)(O)O. The number of aromatic nitrogens is 1. The smallest absolute Gasteiger partial charge is 0.466 e. The summed E-state index contributed by atoms with van der Waals surface area (Å²) in [5, 5.41) is 32.8. The lowest BCUT2D eigenvalue weighted by Gasteiger charge is -2.20. The number of carboxylic acid groups (broad SMARTS) is 1. The fourth-order valence-electron chi connectivity index (χ4n) is 5.20. The lowest BCUT2D eigenvalue weighted by Crippen LogP contribution is -2.22. The topological polar surface area (TPSA) is 190 Å². The molecule has 0 radical (unpaired) electrons. The maximum absolute atomic E-state index is 14.0. The third-order valence-electron chi connectivity index (χ3n) is 6.93. The number of para-hydroxylation sites is 1. The molecule has 0 fully saturated rings. The second-order valence-corrected chi connectivity index (χ2v) is 12.0.